The highest BCUT2D eigenvalue weighted by Gasteiger charge is 1.98. The van der Waals surface area contributed by atoms with Gasteiger partial charge in [0, 0.05) is 5.92 Å². The van der Waals surface area contributed by atoms with Gasteiger partial charge < -0.3 is 9.72 Å². The van der Waals surface area contributed by atoms with Gasteiger partial charge in [0.05, 0.1) is 18.2 Å². The molecule has 0 aliphatic rings. The number of aromatic amines is 1. The van der Waals surface area contributed by atoms with Crippen LogP contribution in [0.1, 0.15) is 5.69 Å². The number of rotatable bonds is 2. The van der Waals surface area contributed by atoms with Crippen LogP contribution in [0.25, 0.3) is 0 Å². The van der Waals surface area contributed by atoms with Crippen LogP contribution >= 0.6 is 0 Å². The second kappa shape index (κ2) is 14.3. The molecule has 0 aliphatic heterocycles. The highest BCUT2D eigenvalue weighted by molar-refractivity contribution is 5.89. The number of aromatic nitrogens is 2. The lowest BCUT2D eigenvalue weighted by molar-refractivity contribution is -0.138. The molecule has 0 atom stereocenters. The molecule has 4 nitrogen and oxygen atoms in total. The number of hydrogen-bond donors (Lipinski definition) is 1. The molecule has 120 valence electrons. The lowest BCUT2D eigenvalue weighted by Crippen LogP contribution is -2.01. The third kappa shape index (κ3) is 11.9. The minimum absolute atomic E-state index is 0.0637. The summed E-state index contributed by atoms with van der Waals surface area (Å²) in [6, 6.07) is 0. The van der Waals surface area contributed by atoms with E-state index in [0.717, 1.165) is 0 Å². The number of imidazole rings is 1. The number of hydrogen-bond acceptors (Lipinski definition) is 3. The van der Waals surface area contributed by atoms with Crippen LogP contribution in [0.3, 0.4) is 0 Å². The van der Waals surface area contributed by atoms with Crippen molar-refractivity contribution in [2.75, 3.05) is 0 Å². The zero-order valence-corrected chi connectivity index (χ0v) is 13.7. The molecule has 0 saturated carbocycles. The summed E-state index contributed by atoms with van der Waals surface area (Å²) < 4.78 is 4.85. The number of ether oxygens (including phenoxy) is 1. The van der Waals surface area contributed by atoms with Crippen molar-refractivity contribution in [2.45, 2.75) is 6.61 Å². The summed E-state index contributed by atoms with van der Waals surface area (Å²) in [6.07, 6.45) is 7.93. The Morgan fingerprint density at radius 3 is 1.78 bits per heavy atom. The van der Waals surface area contributed by atoms with Crippen LogP contribution in [0.4, 0.5) is 0 Å². The highest BCUT2D eigenvalue weighted by Crippen LogP contribution is 1.93. The van der Waals surface area contributed by atoms with Gasteiger partial charge >= 0.3 is 5.97 Å². The van der Waals surface area contributed by atoms with Crippen LogP contribution in [0.15, 0.2) is 12.5 Å². The second-order valence-corrected chi connectivity index (χ2v) is 3.80. The van der Waals surface area contributed by atoms with Gasteiger partial charge in [0.2, 0.25) is 0 Å². The second-order valence-electron chi connectivity index (χ2n) is 3.80. The van der Waals surface area contributed by atoms with Crippen molar-refractivity contribution >= 4 is 5.97 Å². The molecule has 1 heterocycles. The topological polar surface area (TPSA) is 55.0 Å². The summed E-state index contributed by atoms with van der Waals surface area (Å²) in [5, 5.41) is 0. The normalized spacial score (nSPS) is 5.89. The minimum Gasteiger partial charge on any atom is -0.450 e. The Morgan fingerprint density at radius 1 is 0.852 bits per heavy atom. The fourth-order valence-electron chi connectivity index (χ4n) is 1.07. The van der Waals surface area contributed by atoms with Gasteiger partial charge in [0.1, 0.15) is 6.61 Å². The molecule has 0 amide bonds. The third-order valence-corrected chi connectivity index (χ3v) is 2.03. The predicted molar refractivity (Wildman–Crippen MR) is 99.4 cm³/mol. The Hall–Kier alpha value is -5.28. The molecule has 1 aromatic rings. The maximum Gasteiger partial charge on any atom is 0.385 e. The van der Waals surface area contributed by atoms with Gasteiger partial charge in [-0.05, 0) is 94.7 Å². The lowest BCUT2D eigenvalue weighted by atomic mass is 10.4. The summed E-state index contributed by atoms with van der Waals surface area (Å²) in [7, 11) is 0. The van der Waals surface area contributed by atoms with E-state index in [2.05, 4.69) is 111 Å². The van der Waals surface area contributed by atoms with Crippen LogP contribution in [-0.4, -0.2) is 15.9 Å². The fraction of sp³-hybridized carbons (Fsp3) is 0.0435. The van der Waals surface area contributed by atoms with E-state index in [1.807, 2.05) is 0 Å². The van der Waals surface area contributed by atoms with Crippen molar-refractivity contribution in [2.24, 2.45) is 0 Å². The molecular weight excluding hydrogens is 336 g/mol. The van der Waals surface area contributed by atoms with Gasteiger partial charge in [-0.3, -0.25) is 0 Å². The quantitative estimate of drug-likeness (QED) is 0.472. The first kappa shape index (κ1) is 19.8. The number of nitrogens with one attached hydrogen (secondary N) is 1. The molecule has 0 bridgehead atoms. The van der Waals surface area contributed by atoms with Gasteiger partial charge in [-0.25, -0.2) is 9.78 Å². The number of carbonyl (C=O) groups excluding carboxylic acids is 1. The van der Waals surface area contributed by atoms with Gasteiger partial charge in [-0.1, -0.05) is 0 Å². The van der Waals surface area contributed by atoms with E-state index in [1.165, 1.54) is 6.33 Å². The van der Waals surface area contributed by atoms with Crippen LogP contribution in [0, 0.1) is 107 Å². The van der Waals surface area contributed by atoms with Crippen molar-refractivity contribution < 1.29 is 9.53 Å². The number of esters is 1. The smallest absolute Gasteiger partial charge is 0.385 e. The third-order valence-electron chi connectivity index (χ3n) is 2.03. The molecule has 0 saturated heterocycles. The van der Waals surface area contributed by atoms with E-state index >= 15 is 0 Å². The average Bonchev–Trinajstić information content (AvgIpc) is 3.19. The zero-order valence-electron chi connectivity index (χ0n) is 13.7. The molecule has 27 heavy (non-hydrogen) atoms. The van der Waals surface area contributed by atoms with E-state index in [-0.39, 0.29) is 6.61 Å². The molecule has 1 N–H and O–H groups in total. The molecule has 1 aromatic heterocycles. The Kier molecular flexibility index (Phi) is 10.5. The Bertz CT molecular complexity index is 1230. The van der Waals surface area contributed by atoms with E-state index < -0.39 is 5.97 Å². The Labute approximate surface area is 157 Å². The molecule has 0 radical (unpaired) electrons. The summed E-state index contributed by atoms with van der Waals surface area (Å²) in [5.74, 6) is 40.0. The number of terminal acetylenes is 1. The van der Waals surface area contributed by atoms with Crippen molar-refractivity contribution in [1.29, 1.82) is 0 Å². The first-order chi connectivity index (χ1) is 13.3. The molecule has 0 aromatic carbocycles. The van der Waals surface area contributed by atoms with Crippen LogP contribution in [0.5, 0.6) is 0 Å². The van der Waals surface area contributed by atoms with E-state index in [1.54, 1.807) is 6.20 Å². The van der Waals surface area contributed by atoms with E-state index in [4.69, 9.17) is 11.2 Å². The molecule has 0 spiro atoms. The van der Waals surface area contributed by atoms with Crippen LogP contribution in [-0.2, 0) is 16.1 Å². The molecular formula is C23H6N2O2. The maximum absolute atomic E-state index is 11.3. The number of carbonyl (C=O) groups is 1. The predicted octanol–water partition coefficient (Wildman–Crippen LogP) is 0.113. The number of nitrogens with zero attached hydrogens (tertiary/aromatic N) is 1. The SMILES string of the molecule is C#CC#CC#CC#CC#CC#CC#CC#CC#CC(=O)OCc1cnc[nH]1. The van der Waals surface area contributed by atoms with Crippen LogP contribution in [0.2, 0.25) is 0 Å². The minimum atomic E-state index is -0.698. The van der Waals surface area contributed by atoms with E-state index in [0.29, 0.717) is 5.69 Å². The average molecular weight is 342 g/mol. The highest BCUT2D eigenvalue weighted by atomic mass is 16.5. The first-order valence-corrected chi connectivity index (χ1v) is 6.93. The molecule has 0 fully saturated rings. The van der Waals surface area contributed by atoms with Crippen LogP contribution < -0.4 is 0 Å². The maximum atomic E-state index is 11.3. The fourth-order valence-corrected chi connectivity index (χ4v) is 1.07. The van der Waals surface area contributed by atoms with E-state index in [9.17, 15) is 4.79 Å². The monoisotopic (exact) mass is 342 g/mol. The van der Waals surface area contributed by atoms with Gasteiger partial charge in [0.15, 0.2) is 0 Å². The van der Waals surface area contributed by atoms with Gasteiger partial charge in [0.25, 0.3) is 0 Å². The lowest BCUT2D eigenvalue weighted by Gasteiger charge is -1.95. The summed E-state index contributed by atoms with van der Waals surface area (Å²) in [4.78, 5) is 17.9. The standard InChI is InChI=1S/C23H6N2O2/c1-2-3-4-5-6-7-8-9-10-11-12-13-14-15-16-17-18-23(26)27-20-22-19-24-21-25-22/h1,19,21H,20H2,(H,24,25). The van der Waals surface area contributed by atoms with Crippen molar-refractivity contribution in [3.05, 3.63) is 18.2 Å². The van der Waals surface area contributed by atoms with Gasteiger partial charge in [-0.2, -0.15) is 0 Å². The first-order valence-electron chi connectivity index (χ1n) is 6.93. The van der Waals surface area contributed by atoms with Crippen molar-refractivity contribution in [3.63, 3.8) is 0 Å². The van der Waals surface area contributed by atoms with Crippen molar-refractivity contribution in [1.82, 2.24) is 9.97 Å². The summed E-state index contributed by atoms with van der Waals surface area (Å²) >= 11 is 0. The summed E-state index contributed by atoms with van der Waals surface area (Å²) in [5.41, 5.74) is 0.664. The number of H-pyrrole nitrogens is 1. The van der Waals surface area contributed by atoms with Crippen molar-refractivity contribution in [3.8, 4) is 107 Å². The largest absolute Gasteiger partial charge is 0.450 e. The summed E-state index contributed by atoms with van der Waals surface area (Å²) in [6.45, 7) is 0.0637. The van der Waals surface area contributed by atoms with Gasteiger partial charge in [-0.15, -0.1) is 6.42 Å². The Balaban J connectivity index is 2.37. The Morgan fingerprint density at radius 2 is 1.33 bits per heavy atom. The molecule has 4 heteroatoms. The molecule has 1 rings (SSSR count). The molecule has 0 unspecified atom stereocenters. The zero-order chi connectivity index (χ0) is 19.4. The molecule has 0 aliphatic carbocycles.